The van der Waals surface area contributed by atoms with Crippen LogP contribution in [0.5, 0.6) is 5.75 Å². The number of rotatable bonds is 7. The first-order valence-electron chi connectivity index (χ1n) is 8.80. The second-order valence-electron chi connectivity index (χ2n) is 6.06. The van der Waals surface area contributed by atoms with Crippen molar-refractivity contribution in [1.82, 2.24) is 0 Å². The number of thioether (sulfide) groups is 1. The number of halogens is 2. The molecule has 0 saturated heterocycles. The molecule has 148 valence electrons. The Bertz CT molecular complexity index is 995. The van der Waals surface area contributed by atoms with Gasteiger partial charge in [0, 0.05) is 5.75 Å². The van der Waals surface area contributed by atoms with Crippen molar-refractivity contribution in [1.29, 1.82) is 0 Å². The average Bonchev–Trinajstić information content (AvgIpc) is 2.75. The van der Waals surface area contributed by atoms with Crippen molar-refractivity contribution >= 4 is 34.7 Å². The summed E-state index contributed by atoms with van der Waals surface area (Å²) in [4.78, 5) is 0. The van der Waals surface area contributed by atoms with Crippen LogP contribution in [-0.2, 0) is 12.4 Å². The standard InChI is InChI=1S/C22H19ClFN3OS/c23-20-11-8-18(12-21(20)24)14-28-19-9-6-16(7-10-19)13-26-27-22(25)29-15-17-4-2-1-3-5-17/h1-13H,14-15H2,(H2,25,27). The van der Waals surface area contributed by atoms with Gasteiger partial charge < -0.3 is 10.5 Å². The van der Waals surface area contributed by atoms with E-state index in [4.69, 9.17) is 22.1 Å². The zero-order valence-electron chi connectivity index (χ0n) is 15.5. The van der Waals surface area contributed by atoms with Crippen LogP contribution in [0.4, 0.5) is 4.39 Å². The quantitative estimate of drug-likeness (QED) is 0.301. The van der Waals surface area contributed by atoms with Gasteiger partial charge in [0.15, 0.2) is 5.17 Å². The van der Waals surface area contributed by atoms with Crippen LogP contribution in [0.25, 0.3) is 0 Å². The summed E-state index contributed by atoms with van der Waals surface area (Å²) in [6.07, 6.45) is 1.62. The Hall–Kier alpha value is -2.83. The van der Waals surface area contributed by atoms with Gasteiger partial charge in [0.25, 0.3) is 0 Å². The fourth-order valence-electron chi connectivity index (χ4n) is 2.36. The maximum Gasteiger partial charge on any atom is 0.180 e. The third kappa shape index (κ3) is 6.93. The van der Waals surface area contributed by atoms with Gasteiger partial charge in [-0.15, -0.1) is 5.10 Å². The summed E-state index contributed by atoms with van der Waals surface area (Å²) in [7, 11) is 0. The van der Waals surface area contributed by atoms with Gasteiger partial charge in [0.1, 0.15) is 18.2 Å². The maximum absolute atomic E-state index is 13.4. The minimum absolute atomic E-state index is 0.0964. The molecule has 2 N–H and O–H groups in total. The molecule has 0 unspecified atom stereocenters. The Kier molecular flexibility index (Phi) is 7.67. The van der Waals surface area contributed by atoms with E-state index in [1.54, 1.807) is 12.3 Å². The van der Waals surface area contributed by atoms with Gasteiger partial charge in [-0.2, -0.15) is 5.10 Å². The molecule has 0 radical (unpaired) electrons. The first-order chi connectivity index (χ1) is 14.1. The minimum Gasteiger partial charge on any atom is -0.489 e. The molecule has 3 aromatic carbocycles. The van der Waals surface area contributed by atoms with E-state index in [2.05, 4.69) is 10.2 Å². The smallest absolute Gasteiger partial charge is 0.180 e. The molecule has 0 heterocycles. The fraction of sp³-hybridized carbons (Fsp3) is 0.0909. The minimum atomic E-state index is -0.457. The van der Waals surface area contributed by atoms with E-state index in [0.717, 1.165) is 11.3 Å². The van der Waals surface area contributed by atoms with Crippen LogP contribution in [0.1, 0.15) is 16.7 Å². The Balaban J connectivity index is 1.48. The molecule has 0 atom stereocenters. The maximum atomic E-state index is 13.4. The summed E-state index contributed by atoms with van der Waals surface area (Å²) >= 11 is 7.11. The molecule has 0 spiro atoms. The highest BCUT2D eigenvalue weighted by Gasteiger charge is 2.02. The number of benzene rings is 3. The van der Waals surface area contributed by atoms with Gasteiger partial charge in [-0.25, -0.2) is 4.39 Å². The van der Waals surface area contributed by atoms with Crippen LogP contribution in [-0.4, -0.2) is 11.4 Å². The van der Waals surface area contributed by atoms with Crippen LogP contribution in [0, 0.1) is 5.82 Å². The summed E-state index contributed by atoms with van der Waals surface area (Å²) in [5, 5.41) is 8.51. The van der Waals surface area contributed by atoms with Gasteiger partial charge >= 0.3 is 0 Å². The molecular weight excluding hydrogens is 409 g/mol. The van der Waals surface area contributed by atoms with Crippen molar-refractivity contribution in [2.24, 2.45) is 15.9 Å². The molecular formula is C22H19ClFN3OS. The van der Waals surface area contributed by atoms with Crippen LogP contribution >= 0.6 is 23.4 Å². The predicted octanol–water partition coefficient (Wildman–Crippen LogP) is 5.64. The summed E-state index contributed by atoms with van der Waals surface area (Å²) < 4.78 is 19.1. The van der Waals surface area contributed by atoms with Crippen molar-refractivity contribution in [3.05, 3.63) is 100 Å². The lowest BCUT2D eigenvalue weighted by Gasteiger charge is -2.07. The third-order valence-corrected chi connectivity index (χ3v) is 5.02. The molecule has 7 heteroatoms. The SMILES string of the molecule is NC(=NN=Cc1ccc(OCc2ccc(Cl)c(F)c2)cc1)SCc1ccccc1. The fourth-order valence-corrected chi connectivity index (χ4v) is 3.09. The Morgan fingerprint density at radius 1 is 1.03 bits per heavy atom. The highest BCUT2D eigenvalue weighted by atomic mass is 35.5. The van der Waals surface area contributed by atoms with Crippen LogP contribution in [0.2, 0.25) is 5.02 Å². The van der Waals surface area contributed by atoms with Crippen molar-refractivity contribution in [2.75, 3.05) is 0 Å². The van der Waals surface area contributed by atoms with E-state index >= 15 is 0 Å². The summed E-state index contributed by atoms with van der Waals surface area (Å²) in [5.41, 5.74) is 8.61. The Morgan fingerprint density at radius 3 is 2.52 bits per heavy atom. The molecule has 0 aliphatic carbocycles. The van der Waals surface area contributed by atoms with E-state index in [0.29, 0.717) is 16.5 Å². The Morgan fingerprint density at radius 2 is 1.79 bits per heavy atom. The van der Waals surface area contributed by atoms with Gasteiger partial charge in [0.05, 0.1) is 11.2 Å². The number of ether oxygens (including phenoxy) is 1. The predicted molar refractivity (Wildman–Crippen MR) is 119 cm³/mol. The molecule has 0 fully saturated rings. The van der Waals surface area contributed by atoms with Crippen molar-refractivity contribution in [2.45, 2.75) is 12.4 Å². The molecule has 0 aliphatic rings. The van der Waals surface area contributed by atoms with Crippen molar-refractivity contribution in [3.63, 3.8) is 0 Å². The molecule has 3 rings (SSSR count). The highest BCUT2D eigenvalue weighted by molar-refractivity contribution is 8.13. The van der Waals surface area contributed by atoms with E-state index in [1.807, 2.05) is 54.6 Å². The lowest BCUT2D eigenvalue weighted by atomic mass is 10.2. The van der Waals surface area contributed by atoms with E-state index in [1.165, 1.54) is 29.5 Å². The van der Waals surface area contributed by atoms with E-state index in [9.17, 15) is 4.39 Å². The molecule has 4 nitrogen and oxygen atoms in total. The summed E-state index contributed by atoms with van der Waals surface area (Å²) in [5.74, 6) is 0.954. The summed E-state index contributed by atoms with van der Waals surface area (Å²) in [6.45, 7) is 0.251. The molecule has 3 aromatic rings. The zero-order chi connectivity index (χ0) is 20.5. The van der Waals surface area contributed by atoms with Crippen LogP contribution in [0.3, 0.4) is 0 Å². The van der Waals surface area contributed by atoms with Gasteiger partial charge in [-0.1, -0.05) is 59.8 Å². The molecule has 0 amide bonds. The zero-order valence-corrected chi connectivity index (χ0v) is 17.0. The first kappa shape index (κ1) is 20.9. The monoisotopic (exact) mass is 427 g/mol. The number of amidine groups is 1. The number of nitrogens with two attached hydrogens (primary N) is 1. The average molecular weight is 428 g/mol. The largest absolute Gasteiger partial charge is 0.489 e. The molecule has 0 saturated carbocycles. The summed E-state index contributed by atoms with van der Waals surface area (Å²) in [6, 6.07) is 22.0. The molecule has 29 heavy (non-hydrogen) atoms. The number of nitrogens with zero attached hydrogens (tertiary/aromatic N) is 2. The van der Waals surface area contributed by atoms with Crippen LogP contribution in [0.15, 0.2) is 83.0 Å². The molecule has 0 bridgehead atoms. The van der Waals surface area contributed by atoms with E-state index in [-0.39, 0.29) is 11.6 Å². The second-order valence-corrected chi connectivity index (χ2v) is 7.47. The first-order valence-corrected chi connectivity index (χ1v) is 10.2. The van der Waals surface area contributed by atoms with Gasteiger partial charge in [-0.3, -0.25) is 0 Å². The third-order valence-electron chi connectivity index (χ3n) is 3.86. The second kappa shape index (κ2) is 10.6. The normalized spacial score (nSPS) is 11.7. The van der Waals surface area contributed by atoms with Crippen molar-refractivity contribution < 1.29 is 9.13 Å². The number of hydrogen-bond donors (Lipinski definition) is 1. The lowest BCUT2D eigenvalue weighted by molar-refractivity contribution is 0.305. The van der Waals surface area contributed by atoms with Crippen molar-refractivity contribution in [3.8, 4) is 5.75 Å². The van der Waals surface area contributed by atoms with E-state index < -0.39 is 5.82 Å². The van der Waals surface area contributed by atoms with Crippen LogP contribution < -0.4 is 10.5 Å². The topological polar surface area (TPSA) is 60.0 Å². The van der Waals surface area contributed by atoms with Gasteiger partial charge in [-0.05, 0) is 53.1 Å². The lowest BCUT2D eigenvalue weighted by Crippen LogP contribution is -2.05. The number of hydrogen-bond acceptors (Lipinski definition) is 4. The van der Waals surface area contributed by atoms with Gasteiger partial charge in [0.2, 0.25) is 0 Å². The molecule has 0 aromatic heterocycles. The highest BCUT2D eigenvalue weighted by Crippen LogP contribution is 2.18. The Labute approximate surface area is 178 Å². The molecule has 0 aliphatic heterocycles.